The fourth-order valence-electron chi connectivity index (χ4n) is 4.05. The summed E-state index contributed by atoms with van der Waals surface area (Å²) in [5.74, 6) is 0.301. The second-order valence-corrected chi connectivity index (χ2v) is 9.24. The fraction of sp³-hybridized carbons (Fsp3) is 0.500. The number of piperidine rings is 1. The van der Waals surface area contributed by atoms with E-state index in [9.17, 15) is 8.42 Å². The molecule has 0 bridgehead atoms. The quantitative estimate of drug-likeness (QED) is 0.685. The Bertz CT molecular complexity index is 1100. The molecule has 9 heteroatoms. The number of aromatic nitrogens is 5. The second-order valence-electron chi connectivity index (χ2n) is 7.38. The molecule has 3 aromatic heterocycles. The molecule has 2 unspecified atom stereocenters. The monoisotopic (exact) mass is 388 g/mol. The van der Waals surface area contributed by atoms with E-state index >= 15 is 0 Å². The lowest BCUT2D eigenvalue weighted by molar-refractivity contribution is 0.245. The molecule has 1 aliphatic rings. The lowest BCUT2D eigenvalue weighted by atomic mass is 9.86. The number of pyridine rings is 1. The van der Waals surface area contributed by atoms with Gasteiger partial charge in [0.1, 0.15) is 11.2 Å². The average molecular weight is 388 g/mol. The van der Waals surface area contributed by atoms with Crippen molar-refractivity contribution in [1.82, 2.24) is 28.7 Å². The van der Waals surface area contributed by atoms with E-state index in [1.165, 1.54) is 17.3 Å². The van der Waals surface area contributed by atoms with Crippen molar-refractivity contribution in [1.29, 1.82) is 0 Å². The third-order valence-electron chi connectivity index (χ3n) is 5.69. The lowest BCUT2D eigenvalue weighted by Gasteiger charge is -2.37. The van der Waals surface area contributed by atoms with Crippen LogP contribution in [0.25, 0.3) is 5.65 Å². The van der Waals surface area contributed by atoms with E-state index in [0.717, 1.165) is 18.5 Å². The predicted octanol–water partition coefficient (Wildman–Crippen LogP) is 2.04. The lowest BCUT2D eigenvalue weighted by Crippen LogP contribution is -2.44. The van der Waals surface area contributed by atoms with Crippen LogP contribution in [-0.4, -0.2) is 49.7 Å². The van der Waals surface area contributed by atoms with Gasteiger partial charge in [0.25, 0.3) is 0 Å². The van der Waals surface area contributed by atoms with Gasteiger partial charge in [-0.15, -0.1) is 0 Å². The van der Waals surface area contributed by atoms with Crippen LogP contribution in [0.15, 0.2) is 29.7 Å². The van der Waals surface area contributed by atoms with Crippen molar-refractivity contribution in [3.8, 4) is 0 Å². The maximum absolute atomic E-state index is 13.1. The summed E-state index contributed by atoms with van der Waals surface area (Å²) in [5.41, 5.74) is 3.88. The van der Waals surface area contributed by atoms with Crippen molar-refractivity contribution in [2.45, 2.75) is 50.5 Å². The van der Waals surface area contributed by atoms with Crippen LogP contribution in [0.4, 0.5) is 0 Å². The van der Waals surface area contributed by atoms with Crippen LogP contribution >= 0.6 is 0 Å². The summed E-state index contributed by atoms with van der Waals surface area (Å²) in [5, 5.41) is 8.33. The Morgan fingerprint density at radius 3 is 2.67 bits per heavy atom. The van der Waals surface area contributed by atoms with E-state index in [-0.39, 0.29) is 6.04 Å². The van der Waals surface area contributed by atoms with Gasteiger partial charge in [0.15, 0.2) is 5.65 Å². The summed E-state index contributed by atoms with van der Waals surface area (Å²) in [6.45, 7) is 6.35. The number of rotatable bonds is 3. The Labute approximate surface area is 158 Å². The summed E-state index contributed by atoms with van der Waals surface area (Å²) in [7, 11) is -1.78. The van der Waals surface area contributed by atoms with Crippen LogP contribution in [0.2, 0.25) is 0 Å². The Morgan fingerprint density at radius 1 is 1.22 bits per heavy atom. The summed E-state index contributed by atoms with van der Waals surface area (Å²) >= 11 is 0. The maximum Gasteiger partial charge on any atom is 0.246 e. The van der Waals surface area contributed by atoms with Gasteiger partial charge in [-0.2, -0.15) is 14.5 Å². The van der Waals surface area contributed by atoms with Crippen molar-refractivity contribution >= 4 is 15.7 Å². The predicted molar refractivity (Wildman–Crippen MR) is 101 cm³/mol. The molecule has 0 amide bonds. The highest BCUT2D eigenvalue weighted by Crippen LogP contribution is 2.36. The summed E-state index contributed by atoms with van der Waals surface area (Å²) in [4.78, 5) is 4.53. The number of nitrogens with zero attached hydrogens (tertiary/aromatic N) is 6. The van der Waals surface area contributed by atoms with E-state index in [4.69, 9.17) is 0 Å². The zero-order chi connectivity index (χ0) is 19.3. The minimum absolute atomic E-state index is 0.0841. The molecular formula is C18H24N6O2S. The van der Waals surface area contributed by atoms with Crippen LogP contribution in [0, 0.1) is 13.8 Å². The molecule has 0 aromatic carbocycles. The topological polar surface area (TPSA) is 85.4 Å². The van der Waals surface area contributed by atoms with E-state index in [2.05, 4.69) is 22.1 Å². The Kier molecular flexibility index (Phi) is 4.31. The summed E-state index contributed by atoms with van der Waals surface area (Å²) in [6, 6.07) is 1.95. The maximum atomic E-state index is 13.1. The van der Waals surface area contributed by atoms with Crippen LogP contribution in [-0.2, 0) is 17.1 Å². The zero-order valence-electron chi connectivity index (χ0n) is 16.0. The van der Waals surface area contributed by atoms with Gasteiger partial charge in [-0.3, -0.25) is 4.68 Å². The van der Waals surface area contributed by atoms with Gasteiger partial charge < -0.3 is 0 Å². The van der Waals surface area contributed by atoms with Gasteiger partial charge in [0.05, 0.1) is 11.9 Å². The summed E-state index contributed by atoms with van der Waals surface area (Å²) < 4.78 is 31.3. The van der Waals surface area contributed by atoms with Crippen molar-refractivity contribution in [3.05, 3.63) is 41.6 Å². The van der Waals surface area contributed by atoms with E-state index in [1.807, 2.05) is 19.2 Å². The van der Waals surface area contributed by atoms with Gasteiger partial charge in [0, 0.05) is 25.8 Å². The highest BCUT2D eigenvalue weighted by molar-refractivity contribution is 7.89. The molecule has 1 aliphatic heterocycles. The van der Waals surface area contributed by atoms with Crippen LogP contribution in [0.5, 0.6) is 0 Å². The van der Waals surface area contributed by atoms with Gasteiger partial charge in [-0.25, -0.2) is 17.9 Å². The Balaban J connectivity index is 1.60. The van der Waals surface area contributed by atoms with E-state index in [1.54, 1.807) is 33.8 Å². The van der Waals surface area contributed by atoms with Crippen LogP contribution in [0.3, 0.4) is 0 Å². The fourth-order valence-corrected chi connectivity index (χ4v) is 5.89. The molecule has 2 atom stereocenters. The molecule has 4 rings (SSSR count). The number of aryl methyl sites for hydroxylation is 2. The Hall–Kier alpha value is -2.26. The smallest absolute Gasteiger partial charge is 0.246 e. The number of hydrogen-bond acceptors (Lipinski definition) is 5. The molecule has 0 saturated carbocycles. The first-order chi connectivity index (χ1) is 12.8. The first-order valence-corrected chi connectivity index (χ1v) is 10.5. The third kappa shape index (κ3) is 2.94. The summed E-state index contributed by atoms with van der Waals surface area (Å²) in [6.07, 6.45) is 6.59. The van der Waals surface area contributed by atoms with Gasteiger partial charge in [-0.1, -0.05) is 0 Å². The molecule has 1 saturated heterocycles. The molecule has 0 aliphatic carbocycles. The largest absolute Gasteiger partial charge is 0.272 e. The molecule has 3 aromatic rings. The Morgan fingerprint density at radius 2 is 2.00 bits per heavy atom. The second kappa shape index (κ2) is 6.42. The number of fused-ring (bicyclic) bond motifs is 1. The third-order valence-corrected chi connectivity index (χ3v) is 7.81. The average Bonchev–Trinajstić information content (AvgIpc) is 3.20. The van der Waals surface area contributed by atoms with Crippen LogP contribution < -0.4 is 0 Å². The van der Waals surface area contributed by atoms with E-state index in [0.29, 0.717) is 23.1 Å². The standard InChI is InChI=1S/C18H24N6O2S/c1-12-7-18-19-11-21-23(18)10-16(12)15-5-6-24(13(2)8-15)27(25,26)17-9-20-22(4)14(17)3/h7,9-11,13,15H,5-6,8H2,1-4H3. The van der Waals surface area contributed by atoms with Crippen LogP contribution in [0.1, 0.15) is 42.5 Å². The van der Waals surface area contributed by atoms with Crippen molar-refractivity contribution < 1.29 is 8.42 Å². The molecule has 8 nitrogen and oxygen atoms in total. The number of hydrogen-bond donors (Lipinski definition) is 0. The number of sulfonamides is 1. The van der Waals surface area contributed by atoms with Gasteiger partial charge >= 0.3 is 0 Å². The first kappa shape index (κ1) is 18.1. The minimum Gasteiger partial charge on any atom is -0.272 e. The molecule has 144 valence electrons. The van der Waals surface area contributed by atoms with Crippen molar-refractivity contribution in [2.24, 2.45) is 7.05 Å². The molecule has 4 heterocycles. The molecule has 27 heavy (non-hydrogen) atoms. The SMILES string of the molecule is Cc1cc2ncnn2cc1C1CCN(S(=O)(=O)c2cnn(C)c2C)C(C)C1. The molecular weight excluding hydrogens is 364 g/mol. The minimum atomic E-state index is -3.54. The first-order valence-electron chi connectivity index (χ1n) is 9.09. The molecule has 0 N–H and O–H groups in total. The zero-order valence-corrected chi connectivity index (χ0v) is 16.8. The molecule has 1 fully saturated rings. The highest BCUT2D eigenvalue weighted by atomic mass is 32.2. The van der Waals surface area contributed by atoms with Gasteiger partial charge in [-0.05, 0) is 56.7 Å². The van der Waals surface area contributed by atoms with E-state index < -0.39 is 10.0 Å². The van der Waals surface area contributed by atoms with Crippen molar-refractivity contribution in [2.75, 3.05) is 6.54 Å². The normalized spacial score (nSPS) is 21.8. The van der Waals surface area contributed by atoms with Crippen molar-refractivity contribution in [3.63, 3.8) is 0 Å². The highest BCUT2D eigenvalue weighted by Gasteiger charge is 2.37. The molecule has 0 radical (unpaired) electrons. The van der Waals surface area contributed by atoms with Gasteiger partial charge in [0.2, 0.25) is 10.0 Å². The molecule has 0 spiro atoms.